The molecule has 64 valence electrons. The molecular formula is C6H11NO4. The van der Waals surface area contributed by atoms with Crippen LogP contribution in [0, 0.1) is 4.91 Å². The molecule has 11 heavy (non-hydrogen) atoms. The Bertz CT molecular complexity index is 131. The van der Waals surface area contributed by atoms with Crippen molar-refractivity contribution in [2.24, 2.45) is 5.18 Å². The summed E-state index contributed by atoms with van der Waals surface area (Å²) in [5.41, 5.74) is 0. The number of nitroso groups, excluding NO2 is 1. The minimum atomic E-state index is -0.953. The van der Waals surface area contributed by atoms with Crippen molar-refractivity contribution >= 4 is 0 Å². The lowest BCUT2D eigenvalue weighted by molar-refractivity contribution is -0.185. The van der Waals surface area contributed by atoms with E-state index >= 15 is 0 Å². The summed E-state index contributed by atoms with van der Waals surface area (Å²) in [6.07, 6.45) is -1.36. The quantitative estimate of drug-likeness (QED) is 0.540. The first-order valence-corrected chi connectivity index (χ1v) is 3.53. The van der Waals surface area contributed by atoms with E-state index in [1.807, 2.05) is 0 Å². The first kappa shape index (κ1) is 8.58. The highest BCUT2D eigenvalue weighted by atomic mass is 16.6. The smallest absolute Gasteiger partial charge is 0.157 e. The first-order chi connectivity index (χ1) is 5.22. The zero-order valence-corrected chi connectivity index (χ0v) is 6.01. The topological polar surface area (TPSA) is 79.1 Å². The van der Waals surface area contributed by atoms with Gasteiger partial charge in [0.2, 0.25) is 0 Å². The molecule has 1 aliphatic heterocycles. The molecule has 5 nitrogen and oxygen atoms in total. The van der Waals surface area contributed by atoms with E-state index in [2.05, 4.69) is 5.18 Å². The minimum Gasteiger partial charge on any atom is -0.393 e. The van der Waals surface area contributed by atoms with Gasteiger partial charge in [-0.1, -0.05) is 5.18 Å². The molecule has 1 rings (SSSR count). The molecule has 2 N–H and O–H groups in total. The third-order valence-corrected chi connectivity index (χ3v) is 1.64. The number of aliphatic hydroxyl groups is 2. The van der Waals surface area contributed by atoms with Gasteiger partial charge in [-0.25, -0.2) is 0 Å². The molecule has 0 aromatic heterocycles. The molecule has 0 aromatic carbocycles. The second-order valence-electron chi connectivity index (χ2n) is 2.65. The molecule has 0 saturated carbocycles. The fourth-order valence-electron chi connectivity index (χ4n) is 1.17. The molecule has 0 spiro atoms. The summed E-state index contributed by atoms with van der Waals surface area (Å²) in [7, 11) is 0. The second kappa shape index (κ2) is 3.75. The Balaban J connectivity index is 2.36. The summed E-state index contributed by atoms with van der Waals surface area (Å²) < 4.78 is 4.90. The average molecular weight is 161 g/mol. The van der Waals surface area contributed by atoms with E-state index in [4.69, 9.17) is 14.9 Å². The highest BCUT2D eigenvalue weighted by Crippen LogP contribution is 2.17. The van der Waals surface area contributed by atoms with Gasteiger partial charge >= 0.3 is 0 Å². The largest absolute Gasteiger partial charge is 0.393 e. The van der Waals surface area contributed by atoms with Crippen LogP contribution in [0.4, 0.5) is 0 Å². The Kier molecular flexibility index (Phi) is 2.92. The van der Waals surface area contributed by atoms with Crippen LogP contribution in [0.1, 0.15) is 12.8 Å². The number of nitrogens with zero attached hydrogens (tertiary/aromatic N) is 1. The van der Waals surface area contributed by atoms with Crippen molar-refractivity contribution in [3.05, 3.63) is 4.91 Å². The summed E-state index contributed by atoms with van der Waals surface area (Å²) in [6.45, 7) is -0.00583. The van der Waals surface area contributed by atoms with Gasteiger partial charge < -0.3 is 14.9 Å². The fourth-order valence-corrected chi connectivity index (χ4v) is 1.17. The second-order valence-corrected chi connectivity index (χ2v) is 2.65. The van der Waals surface area contributed by atoms with Crippen LogP contribution in [0.2, 0.25) is 0 Å². The van der Waals surface area contributed by atoms with Crippen molar-refractivity contribution in [2.75, 3.05) is 6.54 Å². The zero-order chi connectivity index (χ0) is 8.27. The van der Waals surface area contributed by atoms with Gasteiger partial charge in [-0.3, -0.25) is 0 Å². The van der Waals surface area contributed by atoms with E-state index in [1.54, 1.807) is 0 Å². The summed E-state index contributed by atoms with van der Waals surface area (Å²) >= 11 is 0. The minimum absolute atomic E-state index is 0.00583. The van der Waals surface area contributed by atoms with Crippen molar-refractivity contribution in [3.63, 3.8) is 0 Å². The third kappa shape index (κ3) is 2.53. The van der Waals surface area contributed by atoms with Crippen LogP contribution in [-0.4, -0.2) is 35.3 Å². The van der Waals surface area contributed by atoms with Crippen molar-refractivity contribution in [2.45, 2.75) is 31.3 Å². The van der Waals surface area contributed by atoms with E-state index in [-0.39, 0.29) is 13.0 Å². The summed E-state index contributed by atoms with van der Waals surface area (Å²) in [5, 5.41) is 20.7. The van der Waals surface area contributed by atoms with Crippen LogP contribution in [0.15, 0.2) is 5.18 Å². The summed E-state index contributed by atoms with van der Waals surface area (Å²) in [5.74, 6) is 0. The van der Waals surface area contributed by atoms with Crippen LogP contribution in [0.25, 0.3) is 0 Å². The molecule has 1 saturated heterocycles. The van der Waals surface area contributed by atoms with Crippen LogP contribution in [0.3, 0.4) is 0 Å². The van der Waals surface area contributed by atoms with Crippen LogP contribution < -0.4 is 0 Å². The summed E-state index contributed by atoms with van der Waals surface area (Å²) in [6, 6.07) is 0. The predicted octanol–water partition coefficient (Wildman–Crippen LogP) is -0.389. The number of rotatable bonds is 2. The lowest BCUT2D eigenvalue weighted by Crippen LogP contribution is -2.36. The third-order valence-electron chi connectivity index (χ3n) is 1.64. The van der Waals surface area contributed by atoms with E-state index in [0.717, 1.165) is 0 Å². The lowest BCUT2D eigenvalue weighted by Gasteiger charge is -2.28. The molecular weight excluding hydrogens is 150 g/mol. The number of hydrogen-bond donors (Lipinski definition) is 2. The maximum Gasteiger partial charge on any atom is 0.157 e. The molecule has 1 heterocycles. The van der Waals surface area contributed by atoms with Gasteiger partial charge in [0.25, 0.3) is 0 Å². The van der Waals surface area contributed by atoms with Crippen LogP contribution >= 0.6 is 0 Å². The SMILES string of the molecule is O=NC[C@H]1C[C@@H](O)C[C@@H](O)O1. The van der Waals surface area contributed by atoms with Gasteiger partial charge in [0.15, 0.2) is 6.29 Å². The molecule has 0 unspecified atom stereocenters. The van der Waals surface area contributed by atoms with Crippen molar-refractivity contribution < 1.29 is 14.9 Å². The lowest BCUT2D eigenvalue weighted by atomic mass is 10.1. The molecule has 0 aliphatic carbocycles. The van der Waals surface area contributed by atoms with E-state index in [0.29, 0.717) is 6.42 Å². The van der Waals surface area contributed by atoms with Gasteiger partial charge in [-0.2, -0.15) is 4.91 Å². The first-order valence-electron chi connectivity index (χ1n) is 3.53. The number of ether oxygens (including phenoxy) is 1. The highest BCUT2D eigenvalue weighted by Gasteiger charge is 2.26. The van der Waals surface area contributed by atoms with Gasteiger partial charge in [-0.15, -0.1) is 0 Å². The molecule has 3 atom stereocenters. The number of hydrogen-bond acceptors (Lipinski definition) is 5. The van der Waals surface area contributed by atoms with Crippen molar-refractivity contribution in [1.29, 1.82) is 0 Å². The Morgan fingerprint density at radius 1 is 1.45 bits per heavy atom. The number of aliphatic hydroxyl groups excluding tert-OH is 2. The predicted molar refractivity (Wildman–Crippen MR) is 36.8 cm³/mol. The molecule has 0 bridgehead atoms. The van der Waals surface area contributed by atoms with Crippen molar-refractivity contribution in [1.82, 2.24) is 0 Å². The van der Waals surface area contributed by atoms with E-state index in [9.17, 15) is 4.91 Å². The standard InChI is InChI=1S/C6H11NO4/c8-4-1-5(3-7-10)11-6(9)2-4/h4-6,8-9H,1-3H2/t4-,5-,6+/m1/s1. The molecule has 0 radical (unpaired) electrons. The maximum absolute atomic E-state index is 9.79. The molecule has 1 fully saturated rings. The Labute approximate surface area is 64.0 Å². The van der Waals surface area contributed by atoms with Crippen LogP contribution in [-0.2, 0) is 4.74 Å². The van der Waals surface area contributed by atoms with Gasteiger partial charge in [-0.05, 0) is 0 Å². The Morgan fingerprint density at radius 3 is 2.73 bits per heavy atom. The fraction of sp³-hybridized carbons (Fsp3) is 1.00. The maximum atomic E-state index is 9.79. The zero-order valence-electron chi connectivity index (χ0n) is 6.01. The Hall–Kier alpha value is -0.520. The van der Waals surface area contributed by atoms with Crippen molar-refractivity contribution in [3.8, 4) is 0 Å². The highest BCUT2D eigenvalue weighted by molar-refractivity contribution is 4.73. The molecule has 0 aromatic rings. The summed E-state index contributed by atoms with van der Waals surface area (Å²) in [4.78, 5) is 9.79. The van der Waals surface area contributed by atoms with E-state index in [1.165, 1.54) is 0 Å². The van der Waals surface area contributed by atoms with Crippen LogP contribution in [0.5, 0.6) is 0 Å². The average Bonchev–Trinajstić information content (AvgIpc) is 1.85. The monoisotopic (exact) mass is 161 g/mol. The van der Waals surface area contributed by atoms with Gasteiger partial charge in [0.1, 0.15) is 6.54 Å². The Morgan fingerprint density at radius 2 is 2.18 bits per heavy atom. The molecule has 1 aliphatic rings. The van der Waals surface area contributed by atoms with Gasteiger partial charge in [0.05, 0.1) is 12.2 Å². The van der Waals surface area contributed by atoms with E-state index < -0.39 is 18.5 Å². The molecule has 5 heteroatoms. The molecule has 0 amide bonds. The normalized spacial score (nSPS) is 38.5. The van der Waals surface area contributed by atoms with Gasteiger partial charge in [0, 0.05) is 12.8 Å².